The zero-order valence-electron chi connectivity index (χ0n) is 11.6. The van der Waals surface area contributed by atoms with Gasteiger partial charge in [0.2, 0.25) is 0 Å². The predicted octanol–water partition coefficient (Wildman–Crippen LogP) is 0.252. The number of ether oxygens (including phenoxy) is 1. The standard InChI is InChI=1S/C12H20N4O3S/c1-15-9-13-14-12(15)20(17,18)16-5-2-11(8-16)10-3-6-19-7-4-10/h9-11H,2-8H2,1H3. The summed E-state index contributed by atoms with van der Waals surface area (Å²) in [7, 11) is -1.85. The Morgan fingerprint density at radius 3 is 2.65 bits per heavy atom. The minimum absolute atomic E-state index is 0.0325. The molecule has 3 rings (SSSR count). The molecule has 0 aromatic carbocycles. The first-order chi connectivity index (χ1) is 9.59. The number of sulfonamides is 1. The van der Waals surface area contributed by atoms with Gasteiger partial charge >= 0.3 is 0 Å². The Balaban J connectivity index is 1.72. The molecule has 112 valence electrons. The topological polar surface area (TPSA) is 77.3 Å². The molecular weight excluding hydrogens is 280 g/mol. The van der Waals surface area contributed by atoms with Gasteiger partial charge in [-0.3, -0.25) is 0 Å². The largest absolute Gasteiger partial charge is 0.381 e. The Labute approximate surface area is 119 Å². The molecule has 0 spiro atoms. The molecule has 0 radical (unpaired) electrons. The third kappa shape index (κ3) is 2.47. The smallest absolute Gasteiger partial charge is 0.278 e. The van der Waals surface area contributed by atoms with Gasteiger partial charge in [-0.15, -0.1) is 10.2 Å². The third-order valence-corrected chi connectivity index (χ3v) is 6.20. The molecule has 2 saturated heterocycles. The SMILES string of the molecule is Cn1cnnc1S(=O)(=O)N1CCC(C2CCOCC2)C1. The first-order valence-corrected chi connectivity index (χ1v) is 8.45. The van der Waals surface area contributed by atoms with Crippen LogP contribution in [0.15, 0.2) is 11.5 Å². The van der Waals surface area contributed by atoms with E-state index < -0.39 is 10.0 Å². The Morgan fingerprint density at radius 2 is 2.00 bits per heavy atom. The van der Waals surface area contributed by atoms with E-state index in [1.165, 1.54) is 10.9 Å². The molecule has 2 aliphatic heterocycles. The summed E-state index contributed by atoms with van der Waals surface area (Å²) in [6.07, 6.45) is 4.44. The number of rotatable bonds is 3. The fraction of sp³-hybridized carbons (Fsp3) is 0.833. The van der Waals surface area contributed by atoms with Gasteiger partial charge in [0.1, 0.15) is 6.33 Å². The van der Waals surface area contributed by atoms with Crippen LogP contribution >= 0.6 is 0 Å². The molecule has 1 aromatic heterocycles. The van der Waals surface area contributed by atoms with Crippen molar-refractivity contribution in [3.05, 3.63) is 6.33 Å². The lowest BCUT2D eigenvalue weighted by Crippen LogP contribution is -2.32. The molecule has 1 atom stereocenters. The van der Waals surface area contributed by atoms with Crippen LogP contribution in [0.2, 0.25) is 0 Å². The third-order valence-electron chi connectivity index (χ3n) is 4.36. The van der Waals surface area contributed by atoms with Crippen LogP contribution in [0, 0.1) is 11.8 Å². The highest BCUT2D eigenvalue weighted by molar-refractivity contribution is 7.89. The molecule has 0 N–H and O–H groups in total. The molecule has 2 fully saturated rings. The second-order valence-corrected chi connectivity index (χ2v) is 7.42. The lowest BCUT2D eigenvalue weighted by atomic mass is 9.85. The maximum Gasteiger partial charge on any atom is 0.278 e. The van der Waals surface area contributed by atoms with E-state index in [9.17, 15) is 8.42 Å². The van der Waals surface area contributed by atoms with Crippen LogP contribution in [-0.4, -0.2) is 53.8 Å². The summed E-state index contributed by atoms with van der Waals surface area (Å²) in [6, 6.07) is 0. The van der Waals surface area contributed by atoms with Gasteiger partial charge in [-0.05, 0) is 31.1 Å². The first-order valence-electron chi connectivity index (χ1n) is 7.01. The highest BCUT2D eigenvalue weighted by atomic mass is 32.2. The lowest BCUT2D eigenvalue weighted by molar-refractivity contribution is 0.0489. The highest BCUT2D eigenvalue weighted by Crippen LogP contribution is 2.33. The molecule has 7 nitrogen and oxygen atoms in total. The molecule has 0 amide bonds. The summed E-state index contributed by atoms with van der Waals surface area (Å²) in [5, 5.41) is 7.42. The molecule has 1 unspecified atom stereocenters. The van der Waals surface area contributed by atoms with Gasteiger partial charge in [-0.1, -0.05) is 0 Å². The van der Waals surface area contributed by atoms with Crippen LogP contribution in [0.5, 0.6) is 0 Å². The summed E-state index contributed by atoms with van der Waals surface area (Å²) >= 11 is 0. The lowest BCUT2D eigenvalue weighted by Gasteiger charge is -2.27. The summed E-state index contributed by atoms with van der Waals surface area (Å²) < 4.78 is 33.4. The zero-order chi connectivity index (χ0) is 14.2. The van der Waals surface area contributed by atoms with Crippen LogP contribution in [-0.2, 0) is 21.8 Å². The monoisotopic (exact) mass is 300 g/mol. The van der Waals surface area contributed by atoms with Crippen LogP contribution in [0.3, 0.4) is 0 Å². The minimum atomic E-state index is -3.51. The van der Waals surface area contributed by atoms with Crippen molar-refractivity contribution in [2.24, 2.45) is 18.9 Å². The molecule has 2 aliphatic rings. The van der Waals surface area contributed by atoms with Crippen molar-refractivity contribution >= 4 is 10.0 Å². The van der Waals surface area contributed by atoms with Crippen LogP contribution < -0.4 is 0 Å². The molecule has 8 heteroatoms. The van der Waals surface area contributed by atoms with Gasteiger partial charge in [0.15, 0.2) is 0 Å². The zero-order valence-corrected chi connectivity index (χ0v) is 12.4. The van der Waals surface area contributed by atoms with Crippen molar-refractivity contribution in [1.29, 1.82) is 0 Å². The minimum Gasteiger partial charge on any atom is -0.381 e. The molecule has 0 saturated carbocycles. The van der Waals surface area contributed by atoms with E-state index in [1.807, 2.05) is 0 Å². The Kier molecular flexibility index (Phi) is 3.78. The molecule has 0 bridgehead atoms. The molecule has 0 aliphatic carbocycles. The predicted molar refractivity (Wildman–Crippen MR) is 71.4 cm³/mol. The van der Waals surface area contributed by atoms with Crippen LogP contribution in [0.25, 0.3) is 0 Å². The maximum absolute atomic E-state index is 12.5. The van der Waals surface area contributed by atoms with Crippen molar-refractivity contribution < 1.29 is 13.2 Å². The highest BCUT2D eigenvalue weighted by Gasteiger charge is 2.38. The van der Waals surface area contributed by atoms with Gasteiger partial charge in [0.05, 0.1) is 0 Å². The summed E-state index contributed by atoms with van der Waals surface area (Å²) in [6.45, 7) is 2.78. The molecule has 3 heterocycles. The van der Waals surface area contributed by atoms with E-state index in [2.05, 4.69) is 10.2 Å². The van der Waals surface area contributed by atoms with Crippen LogP contribution in [0.1, 0.15) is 19.3 Å². The normalized spacial score (nSPS) is 26.1. The molecule has 1 aromatic rings. The van der Waals surface area contributed by atoms with E-state index in [0.717, 1.165) is 32.5 Å². The van der Waals surface area contributed by atoms with Crippen molar-refractivity contribution in [1.82, 2.24) is 19.1 Å². The Hall–Kier alpha value is -0.990. The second-order valence-electron chi connectivity index (χ2n) is 5.59. The van der Waals surface area contributed by atoms with Crippen molar-refractivity contribution in [3.63, 3.8) is 0 Å². The van der Waals surface area contributed by atoms with Crippen molar-refractivity contribution in [2.75, 3.05) is 26.3 Å². The van der Waals surface area contributed by atoms with E-state index in [4.69, 9.17) is 4.74 Å². The Bertz CT molecular complexity index is 565. The van der Waals surface area contributed by atoms with E-state index in [1.54, 1.807) is 11.4 Å². The first kappa shape index (κ1) is 14.0. The summed E-state index contributed by atoms with van der Waals surface area (Å²) in [5.74, 6) is 1.03. The average Bonchev–Trinajstić information content (AvgIpc) is 3.08. The summed E-state index contributed by atoms with van der Waals surface area (Å²) in [5.41, 5.74) is 0. The van der Waals surface area contributed by atoms with E-state index in [0.29, 0.717) is 24.9 Å². The number of aromatic nitrogens is 3. The number of hydrogen-bond donors (Lipinski definition) is 0. The maximum atomic E-state index is 12.5. The van der Waals surface area contributed by atoms with E-state index >= 15 is 0 Å². The van der Waals surface area contributed by atoms with Gasteiger partial charge in [0, 0.05) is 33.4 Å². The molecule has 20 heavy (non-hydrogen) atoms. The number of hydrogen-bond acceptors (Lipinski definition) is 5. The number of aryl methyl sites for hydroxylation is 1. The quantitative estimate of drug-likeness (QED) is 0.800. The van der Waals surface area contributed by atoms with Gasteiger partial charge < -0.3 is 9.30 Å². The number of nitrogens with zero attached hydrogens (tertiary/aromatic N) is 4. The van der Waals surface area contributed by atoms with Crippen LogP contribution in [0.4, 0.5) is 0 Å². The second kappa shape index (κ2) is 5.42. The fourth-order valence-electron chi connectivity index (χ4n) is 3.17. The Morgan fingerprint density at radius 1 is 1.25 bits per heavy atom. The fourth-order valence-corrected chi connectivity index (χ4v) is 4.69. The van der Waals surface area contributed by atoms with Gasteiger partial charge in [0.25, 0.3) is 15.2 Å². The molecular formula is C12H20N4O3S. The van der Waals surface area contributed by atoms with Gasteiger partial charge in [-0.2, -0.15) is 4.31 Å². The average molecular weight is 300 g/mol. The van der Waals surface area contributed by atoms with Crippen molar-refractivity contribution in [3.8, 4) is 0 Å². The van der Waals surface area contributed by atoms with E-state index in [-0.39, 0.29) is 5.16 Å². The summed E-state index contributed by atoms with van der Waals surface area (Å²) in [4.78, 5) is 0. The van der Waals surface area contributed by atoms with Crippen molar-refractivity contribution in [2.45, 2.75) is 24.4 Å². The van der Waals surface area contributed by atoms with Gasteiger partial charge in [-0.25, -0.2) is 8.42 Å².